The zero-order chi connectivity index (χ0) is 12.7. The van der Waals surface area contributed by atoms with Crippen molar-refractivity contribution in [2.75, 3.05) is 18.0 Å². The average Bonchev–Trinajstić information content (AvgIpc) is 2.83. The summed E-state index contributed by atoms with van der Waals surface area (Å²) in [4.78, 5) is 13.4. The van der Waals surface area contributed by atoms with E-state index in [1.165, 1.54) is 11.3 Å². The first-order valence-electron chi connectivity index (χ1n) is 6.50. The number of nitrogens with one attached hydrogen (secondary N) is 1. The number of nitrogens with zero attached hydrogens (tertiary/aromatic N) is 1. The van der Waals surface area contributed by atoms with Gasteiger partial charge in [-0.3, -0.25) is 4.79 Å². The number of piperidine rings is 1. The molecule has 18 heavy (non-hydrogen) atoms. The van der Waals surface area contributed by atoms with Gasteiger partial charge in [-0.05, 0) is 17.7 Å². The number of rotatable bonds is 3. The molecule has 96 valence electrons. The molecule has 0 aromatic heterocycles. The number of hydrogen-bond acceptors (Lipinski definition) is 3. The molecule has 4 nitrogen and oxygen atoms in total. The molecule has 3 atom stereocenters. The van der Waals surface area contributed by atoms with E-state index >= 15 is 0 Å². The van der Waals surface area contributed by atoms with E-state index in [0.29, 0.717) is 24.4 Å². The molecule has 2 fully saturated rings. The van der Waals surface area contributed by atoms with Gasteiger partial charge in [-0.15, -0.1) is 0 Å². The fourth-order valence-electron chi connectivity index (χ4n) is 3.03. The van der Waals surface area contributed by atoms with Crippen molar-refractivity contribution in [3.8, 4) is 0 Å². The number of amides is 1. The lowest BCUT2D eigenvalue weighted by molar-refractivity contribution is -0.119. The van der Waals surface area contributed by atoms with Crippen LogP contribution in [0.4, 0.5) is 5.69 Å². The summed E-state index contributed by atoms with van der Waals surface area (Å²) >= 11 is 0. The first kappa shape index (κ1) is 11.5. The Morgan fingerprint density at radius 1 is 1.33 bits per heavy atom. The second kappa shape index (κ2) is 4.28. The topological polar surface area (TPSA) is 58.4 Å². The lowest BCUT2D eigenvalue weighted by Gasteiger charge is -2.22. The van der Waals surface area contributed by atoms with E-state index in [1.807, 2.05) is 0 Å². The highest BCUT2D eigenvalue weighted by molar-refractivity contribution is 5.74. The molecule has 1 aliphatic heterocycles. The highest BCUT2D eigenvalue weighted by atomic mass is 16.1. The predicted molar refractivity (Wildman–Crippen MR) is 71.1 cm³/mol. The maximum Gasteiger partial charge on any atom is 0.217 e. The lowest BCUT2D eigenvalue weighted by Crippen LogP contribution is -2.33. The fourth-order valence-corrected chi connectivity index (χ4v) is 3.03. The Bertz CT molecular complexity index is 445. The second-order valence-corrected chi connectivity index (χ2v) is 5.33. The largest absolute Gasteiger partial charge is 0.371 e. The van der Waals surface area contributed by atoms with Gasteiger partial charge in [0, 0.05) is 50.1 Å². The van der Waals surface area contributed by atoms with Crippen molar-refractivity contribution in [2.24, 2.45) is 17.6 Å². The van der Waals surface area contributed by atoms with Gasteiger partial charge in [0.2, 0.25) is 5.91 Å². The summed E-state index contributed by atoms with van der Waals surface area (Å²) < 4.78 is 0. The minimum absolute atomic E-state index is 0.0910. The summed E-state index contributed by atoms with van der Waals surface area (Å²) in [7, 11) is 0. The summed E-state index contributed by atoms with van der Waals surface area (Å²) in [6, 6.07) is 8.87. The Morgan fingerprint density at radius 2 is 1.94 bits per heavy atom. The van der Waals surface area contributed by atoms with Crippen LogP contribution in [0.5, 0.6) is 0 Å². The molecule has 1 saturated heterocycles. The molecule has 1 aliphatic carbocycles. The van der Waals surface area contributed by atoms with Crippen molar-refractivity contribution in [1.82, 2.24) is 5.32 Å². The first-order chi connectivity index (χ1) is 8.69. The first-order valence-corrected chi connectivity index (χ1v) is 6.50. The third-order valence-electron chi connectivity index (χ3n) is 4.10. The Morgan fingerprint density at radius 3 is 2.44 bits per heavy atom. The molecule has 3 rings (SSSR count). The van der Waals surface area contributed by atoms with Crippen molar-refractivity contribution < 1.29 is 4.79 Å². The van der Waals surface area contributed by atoms with Gasteiger partial charge in [-0.1, -0.05) is 12.1 Å². The summed E-state index contributed by atoms with van der Waals surface area (Å²) in [6.45, 7) is 4.29. The molecule has 1 saturated carbocycles. The van der Waals surface area contributed by atoms with Crippen LogP contribution in [0.15, 0.2) is 24.3 Å². The Balaban J connectivity index is 1.60. The van der Waals surface area contributed by atoms with E-state index in [4.69, 9.17) is 5.73 Å². The lowest BCUT2D eigenvalue weighted by atomic mass is 10.2. The quantitative estimate of drug-likeness (QED) is 0.825. The number of nitrogens with two attached hydrogens (primary N) is 1. The van der Waals surface area contributed by atoms with Gasteiger partial charge < -0.3 is 16.0 Å². The molecule has 0 radical (unpaired) electrons. The van der Waals surface area contributed by atoms with Crippen LogP contribution >= 0.6 is 0 Å². The number of fused-ring (bicyclic) bond motifs is 1. The normalized spacial score (nSPS) is 29.0. The van der Waals surface area contributed by atoms with Gasteiger partial charge in [-0.2, -0.15) is 0 Å². The minimum Gasteiger partial charge on any atom is -0.371 e. The molecular weight excluding hydrogens is 226 g/mol. The van der Waals surface area contributed by atoms with Crippen molar-refractivity contribution in [1.29, 1.82) is 0 Å². The van der Waals surface area contributed by atoms with Crippen molar-refractivity contribution in [2.45, 2.75) is 19.5 Å². The Labute approximate surface area is 107 Å². The number of carbonyl (C=O) groups excluding carboxylic acids is 1. The van der Waals surface area contributed by atoms with Crippen LogP contribution in [-0.4, -0.2) is 25.0 Å². The van der Waals surface area contributed by atoms with E-state index in [2.05, 4.69) is 34.5 Å². The molecule has 2 aliphatic rings. The molecule has 1 heterocycles. The van der Waals surface area contributed by atoms with Gasteiger partial charge in [0.25, 0.3) is 0 Å². The van der Waals surface area contributed by atoms with Crippen LogP contribution in [0.3, 0.4) is 0 Å². The van der Waals surface area contributed by atoms with Crippen LogP contribution in [0, 0.1) is 11.8 Å². The molecule has 0 bridgehead atoms. The number of anilines is 1. The Kier molecular flexibility index (Phi) is 2.74. The van der Waals surface area contributed by atoms with E-state index in [0.717, 1.165) is 13.1 Å². The molecule has 0 spiro atoms. The molecule has 3 N–H and O–H groups in total. The van der Waals surface area contributed by atoms with Gasteiger partial charge in [-0.25, -0.2) is 0 Å². The standard InChI is InChI=1S/C14H19N3O/c1-9(18)16-14-12-7-17(8-13(12)14)11-4-2-10(6-15)3-5-11/h2-5,12-14H,6-8,15H2,1H3,(H,16,18)/t12-,13+,14+. The maximum absolute atomic E-state index is 11.0. The smallest absolute Gasteiger partial charge is 0.217 e. The highest BCUT2D eigenvalue weighted by Crippen LogP contribution is 2.46. The zero-order valence-corrected chi connectivity index (χ0v) is 10.6. The SMILES string of the molecule is CC(=O)N[C@H]1[C@@H]2CN(c3ccc(CN)cc3)C[C@@H]21. The zero-order valence-electron chi connectivity index (χ0n) is 10.6. The Hall–Kier alpha value is -1.55. The third kappa shape index (κ3) is 1.97. The van der Waals surface area contributed by atoms with Crippen molar-refractivity contribution in [3.63, 3.8) is 0 Å². The van der Waals surface area contributed by atoms with Crippen LogP contribution in [0.25, 0.3) is 0 Å². The minimum atomic E-state index is 0.0910. The number of carbonyl (C=O) groups is 1. The fraction of sp³-hybridized carbons (Fsp3) is 0.500. The van der Waals surface area contributed by atoms with Crippen molar-refractivity contribution >= 4 is 11.6 Å². The molecule has 1 aromatic rings. The molecular formula is C14H19N3O. The molecule has 1 amide bonds. The van der Waals surface area contributed by atoms with Gasteiger partial charge >= 0.3 is 0 Å². The third-order valence-corrected chi connectivity index (χ3v) is 4.10. The summed E-state index contributed by atoms with van der Waals surface area (Å²) in [5, 5.41) is 3.03. The van der Waals surface area contributed by atoms with Crippen LogP contribution in [0.1, 0.15) is 12.5 Å². The van der Waals surface area contributed by atoms with Gasteiger partial charge in [0.1, 0.15) is 0 Å². The predicted octanol–water partition coefficient (Wildman–Crippen LogP) is 0.716. The summed E-state index contributed by atoms with van der Waals surface area (Å²) in [6.07, 6.45) is 0. The molecule has 4 heteroatoms. The summed E-state index contributed by atoms with van der Waals surface area (Å²) in [5.74, 6) is 1.37. The van der Waals surface area contributed by atoms with E-state index < -0.39 is 0 Å². The van der Waals surface area contributed by atoms with Crippen molar-refractivity contribution in [3.05, 3.63) is 29.8 Å². The van der Waals surface area contributed by atoms with Crippen LogP contribution < -0.4 is 16.0 Å². The highest BCUT2D eigenvalue weighted by Gasteiger charge is 2.56. The second-order valence-electron chi connectivity index (χ2n) is 5.33. The van der Waals surface area contributed by atoms with E-state index in [9.17, 15) is 4.79 Å². The number of hydrogen-bond donors (Lipinski definition) is 2. The van der Waals surface area contributed by atoms with Gasteiger partial charge in [0.15, 0.2) is 0 Å². The monoisotopic (exact) mass is 245 g/mol. The van der Waals surface area contributed by atoms with E-state index in [1.54, 1.807) is 6.92 Å². The number of benzene rings is 1. The molecule has 0 unspecified atom stereocenters. The van der Waals surface area contributed by atoms with Gasteiger partial charge in [0.05, 0.1) is 0 Å². The maximum atomic E-state index is 11.0. The molecule has 1 aromatic carbocycles. The van der Waals surface area contributed by atoms with Crippen LogP contribution in [0.2, 0.25) is 0 Å². The summed E-state index contributed by atoms with van der Waals surface area (Å²) in [5.41, 5.74) is 8.02. The van der Waals surface area contributed by atoms with Crippen LogP contribution in [-0.2, 0) is 11.3 Å². The average molecular weight is 245 g/mol. The van der Waals surface area contributed by atoms with E-state index in [-0.39, 0.29) is 5.91 Å².